The maximum atomic E-state index is 13.5. The van der Waals surface area contributed by atoms with Crippen molar-refractivity contribution >= 4 is 60.1 Å². The number of carbonyl (C=O) groups is 2. The first-order valence-electron chi connectivity index (χ1n) is 12.2. The molecular weight excluding hydrogens is 584 g/mol. The van der Waals surface area contributed by atoms with E-state index in [1.165, 1.54) is 29.4 Å². The van der Waals surface area contributed by atoms with Crippen molar-refractivity contribution in [2.45, 2.75) is 26.3 Å². The van der Waals surface area contributed by atoms with E-state index in [9.17, 15) is 19.8 Å². The van der Waals surface area contributed by atoms with Gasteiger partial charge in [-0.25, -0.2) is 4.98 Å². The van der Waals surface area contributed by atoms with Crippen molar-refractivity contribution < 1.29 is 29.3 Å². The number of hydrogen-bond donors (Lipinski definition) is 2. The molecule has 1 fully saturated rings. The fourth-order valence-electron chi connectivity index (χ4n) is 4.46. The van der Waals surface area contributed by atoms with Crippen LogP contribution in [0.4, 0.5) is 5.13 Å². The SMILES string of the molecule is CCCOc1ccc(C(O)=C2C(=O)C(=O)N(c3nc4ccc(C)cc4s3)C2c2cc(Br)c(O)c(OC)c2)cc1. The molecule has 1 unspecified atom stereocenters. The van der Waals surface area contributed by atoms with Crippen LogP contribution in [0.2, 0.25) is 0 Å². The van der Waals surface area contributed by atoms with E-state index in [2.05, 4.69) is 20.9 Å². The van der Waals surface area contributed by atoms with E-state index in [-0.39, 0.29) is 22.8 Å². The summed E-state index contributed by atoms with van der Waals surface area (Å²) in [5.74, 6) is -1.35. The number of carbonyl (C=O) groups excluding carboxylic acids is 2. The molecule has 1 atom stereocenters. The molecule has 1 aromatic heterocycles. The predicted molar refractivity (Wildman–Crippen MR) is 154 cm³/mol. The molecule has 0 radical (unpaired) electrons. The highest BCUT2D eigenvalue weighted by Gasteiger charge is 2.48. The normalized spacial score (nSPS) is 16.7. The van der Waals surface area contributed by atoms with Crippen molar-refractivity contribution in [2.75, 3.05) is 18.6 Å². The summed E-state index contributed by atoms with van der Waals surface area (Å²) in [6.07, 6.45) is 0.849. The Kier molecular flexibility index (Phi) is 7.33. The molecule has 39 heavy (non-hydrogen) atoms. The quantitative estimate of drug-likeness (QED) is 0.140. The van der Waals surface area contributed by atoms with Gasteiger partial charge in [0, 0.05) is 5.56 Å². The van der Waals surface area contributed by atoms with Gasteiger partial charge in [0.2, 0.25) is 0 Å². The molecule has 10 heteroatoms. The lowest BCUT2D eigenvalue weighted by Gasteiger charge is -2.24. The monoisotopic (exact) mass is 608 g/mol. The number of Topliss-reactive ketones (excluding diaryl/α,β-unsaturated/α-hetero) is 1. The number of anilines is 1. The molecule has 1 aliphatic heterocycles. The predicted octanol–water partition coefficient (Wildman–Crippen LogP) is 6.50. The van der Waals surface area contributed by atoms with E-state index in [1.54, 1.807) is 30.3 Å². The van der Waals surface area contributed by atoms with Crippen LogP contribution in [0.3, 0.4) is 0 Å². The number of benzene rings is 3. The van der Waals surface area contributed by atoms with Crippen LogP contribution in [0.15, 0.2) is 64.6 Å². The molecule has 0 bridgehead atoms. The van der Waals surface area contributed by atoms with E-state index < -0.39 is 17.7 Å². The van der Waals surface area contributed by atoms with Gasteiger partial charge < -0.3 is 19.7 Å². The van der Waals surface area contributed by atoms with Gasteiger partial charge in [0.15, 0.2) is 16.6 Å². The average Bonchev–Trinajstić information content (AvgIpc) is 3.46. The molecule has 0 saturated carbocycles. The summed E-state index contributed by atoms with van der Waals surface area (Å²) in [6.45, 7) is 4.52. The van der Waals surface area contributed by atoms with Crippen molar-refractivity contribution in [3.63, 3.8) is 0 Å². The lowest BCUT2D eigenvalue weighted by atomic mass is 9.95. The maximum absolute atomic E-state index is 13.5. The minimum atomic E-state index is -1.03. The number of hydrogen-bond acceptors (Lipinski definition) is 8. The molecule has 3 aromatic carbocycles. The number of rotatable bonds is 7. The Bertz CT molecular complexity index is 1630. The number of amides is 1. The standard InChI is InChI=1S/C29H25BrN2O6S/c1-4-11-38-18-8-6-16(7-9-18)25(33)23-24(17-13-19(30)26(34)21(14-17)37-3)32(28(36)27(23)35)29-31-20-10-5-15(2)12-22(20)39-29/h5-10,12-14,24,33-34H,4,11H2,1-3H3. The molecule has 1 saturated heterocycles. The molecule has 2 heterocycles. The van der Waals surface area contributed by atoms with Gasteiger partial charge in [-0.05, 0) is 88.9 Å². The summed E-state index contributed by atoms with van der Waals surface area (Å²) in [5, 5.41) is 22.2. The van der Waals surface area contributed by atoms with Crippen LogP contribution >= 0.6 is 27.3 Å². The van der Waals surface area contributed by atoms with E-state index in [0.717, 1.165) is 16.7 Å². The van der Waals surface area contributed by atoms with Crippen molar-refractivity contribution in [2.24, 2.45) is 0 Å². The largest absolute Gasteiger partial charge is 0.507 e. The Hall–Kier alpha value is -3.89. The second-order valence-corrected chi connectivity index (χ2v) is 10.9. The van der Waals surface area contributed by atoms with Gasteiger partial charge >= 0.3 is 5.91 Å². The molecule has 5 rings (SSSR count). The van der Waals surface area contributed by atoms with E-state index in [1.807, 2.05) is 32.0 Å². The van der Waals surface area contributed by atoms with Crippen LogP contribution in [0, 0.1) is 6.92 Å². The third-order valence-corrected chi connectivity index (χ3v) is 7.99. The second kappa shape index (κ2) is 10.7. The molecule has 2 N–H and O–H groups in total. The number of fused-ring (bicyclic) bond motifs is 1. The fourth-order valence-corrected chi connectivity index (χ4v) is 6.01. The number of thiazole rings is 1. The first-order valence-corrected chi connectivity index (χ1v) is 13.8. The number of phenols is 1. The first-order chi connectivity index (χ1) is 18.7. The molecule has 0 spiro atoms. The third kappa shape index (κ3) is 4.86. The number of aliphatic hydroxyl groups is 1. The van der Waals surface area contributed by atoms with Crippen LogP contribution in [-0.2, 0) is 9.59 Å². The zero-order valence-corrected chi connectivity index (χ0v) is 23.8. The molecule has 0 aliphatic carbocycles. The Morgan fingerprint density at radius 3 is 2.56 bits per heavy atom. The number of halogens is 1. The summed E-state index contributed by atoms with van der Waals surface area (Å²) in [5.41, 5.74) is 2.42. The number of ketones is 1. The van der Waals surface area contributed by atoms with Crippen molar-refractivity contribution in [3.05, 3.63) is 81.3 Å². The molecule has 8 nitrogen and oxygen atoms in total. The number of methoxy groups -OCH3 is 1. The molecular formula is C29H25BrN2O6S. The summed E-state index contributed by atoms with van der Waals surface area (Å²) in [6, 6.07) is 14.5. The van der Waals surface area contributed by atoms with Crippen LogP contribution < -0.4 is 14.4 Å². The number of ether oxygens (including phenoxy) is 2. The Labute approximate surface area is 237 Å². The number of phenolic OH excluding ortho intramolecular Hbond substituents is 1. The highest BCUT2D eigenvalue weighted by Crippen LogP contribution is 2.47. The Balaban J connectivity index is 1.70. The van der Waals surface area contributed by atoms with E-state index in [0.29, 0.717) is 38.6 Å². The Morgan fingerprint density at radius 2 is 1.87 bits per heavy atom. The van der Waals surface area contributed by atoms with Crippen molar-refractivity contribution in [1.82, 2.24) is 4.98 Å². The van der Waals surface area contributed by atoms with Gasteiger partial charge in [0.25, 0.3) is 5.78 Å². The number of nitrogens with zero attached hydrogens (tertiary/aromatic N) is 2. The van der Waals surface area contributed by atoms with Gasteiger partial charge in [-0.1, -0.05) is 24.3 Å². The fraction of sp³-hybridized carbons (Fsp3) is 0.207. The summed E-state index contributed by atoms with van der Waals surface area (Å²) < 4.78 is 12.1. The highest BCUT2D eigenvalue weighted by molar-refractivity contribution is 9.10. The van der Waals surface area contributed by atoms with Crippen molar-refractivity contribution in [1.29, 1.82) is 0 Å². The number of aryl methyl sites for hydroxylation is 1. The van der Waals surface area contributed by atoms with Crippen LogP contribution in [0.1, 0.15) is 36.1 Å². The third-order valence-electron chi connectivity index (χ3n) is 6.37. The number of aromatic nitrogens is 1. The zero-order valence-electron chi connectivity index (χ0n) is 21.4. The maximum Gasteiger partial charge on any atom is 0.301 e. The summed E-state index contributed by atoms with van der Waals surface area (Å²) in [4.78, 5) is 33.0. The summed E-state index contributed by atoms with van der Waals surface area (Å²) >= 11 is 4.61. The second-order valence-electron chi connectivity index (χ2n) is 9.06. The van der Waals surface area contributed by atoms with Crippen LogP contribution in [0.5, 0.6) is 17.2 Å². The minimum absolute atomic E-state index is 0.0997. The lowest BCUT2D eigenvalue weighted by Crippen LogP contribution is -2.29. The van der Waals surface area contributed by atoms with Crippen LogP contribution in [-0.4, -0.2) is 40.6 Å². The van der Waals surface area contributed by atoms with E-state index >= 15 is 0 Å². The molecule has 1 amide bonds. The van der Waals surface area contributed by atoms with Crippen molar-refractivity contribution in [3.8, 4) is 17.2 Å². The van der Waals surface area contributed by atoms with Gasteiger partial charge in [-0.15, -0.1) is 0 Å². The molecule has 200 valence electrons. The van der Waals surface area contributed by atoms with Crippen LogP contribution in [0.25, 0.3) is 16.0 Å². The Morgan fingerprint density at radius 1 is 1.13 bits per heavy atom. The average molecular weight is 609 g/mol. The van der Waals surface area contributed by atoms with E-state index in [4.69, 9.17) is 9.47 Å². The number of aliphatic hydroxyl groups excluding tert-OH is 1. The van der Waals surface area contributed by atoms with Gasteiger partial charge in [0.1, 0.15) is 11.5 Å². The molecule has 1 aliphatic rings. The minimum Gasteiger partial charge on any atom is -0.507 e. The summed E-state index contributed by atoms with van der Waals surface area (Å²) in [7, 11) is 1.40. The van der Waals surface area contributed by atoms with Gasteiger partial charge in [-0.3, -0.25) is 14.5 Å². The topological polar surface area (TPSA) is 109 Å². The smallest absolute Gasteiger partial charge is 0.301 e. The highest BCUT2D eigenvalue weighted by atomic mass is 79.9. The first kappa shape index (κ1) is 26.7. The zero-order chi connectivity index (χ0) is 27.8. The van der Waals surface area contributed by atoms with Gasteiger partial charge in [0.05, 0.1) is 40.0 Å². The molecule has 4 aromatic rings. The number of aromatic hydroxyl groups is 1. The lowest BCUT2D eigenvalue weighted by molar-refractivity contribution is -0.132. The van der Waals surface area contributed by atoms with Gasteiger partial charge in [-0.2, -0.15) is 0 Å².